The maximum Gasteiger partial charge on any atom is 0.223 e. The molecule has 0 saturated heterocycles. The van der Waals surface area contributed by atoms with Crippen LogP contribution in [-0.4, -0.2) is 34.9 Å². The fourth-order valence-corrected chi connectivity index (χ4v) is 10.1. The van der Waals surface area contributed by atoms with Crippen molar-refractivity contribution in [2.24, 2.45) is 23.2 Å². The normalized spacial score (nSPS) is 28.1. The van der Waals surface area contributed by atoms with Gasteiger partial charge < -0.3 is 15.1 Å². The zero-order valence-electron chi connectivity index (χ0n) is 28.9. The molecule has 0 spiro atoms. The minimum atomic E-state index is -0.984. The molecular formula is C42H56FNO3. The predicted molar refractivity (Wildman–Crippen MR) is 191 cm³/mol. The summed E-state index contributed by atoms with van der Waals surface area (Å²) in [4.78, 5) is 15.0. The highest BCUT2D eigenvalue weighted by molar-refractivity contribution is 5.98. The molecule has 4 nitrogen and oxygen atoms in total. The highest BCUT2D eigenvalue weighted by Crippen LogP contribution is 2.63. The summed E-state index contributed by atoms with van der Waals surface area (Å²) in [6.45, 7) is 6.82. The Balaban J connectivity index is 1.21. The lowest BCUT2D eigenvalue weighted by Crippen LogP contribution is -2.51. The Morgan fingerprint density at radius 2 is 1.77 bits per heavy atom. The fraction of sp³-hybridized carbons (Fsp3) is 0.595. The number of alkyl halides is 1. The molecule has 2 fully saturated rings. The van der Waals surface area contributed by atoms with E-state index in [-0.39, 0.29) is 28.9 Å². The van der Waals surface area contributed by atoms with Crippen LogP contribution in [-0.2, 0) is 17.6 Å². The molecule has 6 rings (SSSR count). The van der Waals surface area contributed by atoms with E-state index < -0.39 is 12.3 Å². The summed E-state index contributed by atoms with van der Waals surface area (Å²) < 4.78 is 16.2. The lowest BCUT2D eigenvalue weighted by molar-refractivity contribution is -0.116. The van der Waals surface area contributed by atoms with Gasteiger partial charge in [-0.15, -0.1) is 0 Å². The number of carbonyl (C=O) groups excluding carboxylic acids is 1. The van der Waals surface area contributed by atoms with Gasteiger partial charge >= 0.3 is 0 Å². The van der Waals surface area contributed by atoms with Crippen molar-refractivity contribution in [2.75, 3.05) is 11.4 Å². The lowest BCUT2D eigenvalue weighted by Gasteiger charge is -2.54. The molecule has 0 heterocycles. The summed E-state index contributed by atoms with van der Waals surface area (Å²) in [6, 6.07) is 18.4. The van der Waals surface area contributed by atoms with Crippen molar-refractivity contribution in [1.82, 2.24) is 0 Å². The van der Waals surface area contributed by atoms with E-state index in [1.807, 2.05) is 17.0 Å². The number of carbonyl (C=O) groups is 1. The van der Waals surface area contributed by atoms with Crippen molar-refractivity contribution in [3.05, 3.63) is 71.3 Å². The second kappa shape index (κ2) is 14.7. The van der Waals surface area contributed by atoms with E-state index in [2.05, 4.69) is 50.2 Å². The number of phenolic OH excluding ortho intramolecular Hbond substituents is 1. The third-order valence-corrected chi connectivity index (χ3v) is 12.4. The van der Waals surface area contributed by atoms with Crippen LogP contribution in [0.15, 0.2) is 54.6 Å². The second-order valence-corrected chi connectivity index (χ2v) is 15.3. The minimum Gasteiger partial charge on any atom is -0.508 e. The molecule has 0 bridgehead atoms. The number of anilines is 1. The molecule has 3 aliphatic rings. The Hall–Kier alpha value is -2.92. The number of aromatic hydroxyl groups is 1. The van der Waals surface area contributed by atoms with Gasteiger partial charge in [-0.25, -0.2) is 4.39 Å². The van der Waals surface area contributed by atoms with E-state index >= 15 is 4.39 Å². The molecule has 0 aliphatic heterocycles. The molecule has 5 heteroatoms. The number of halogens is 1. The van der Waals surface area contributed by atoms with E-state index in [0.29, 0.717) is 18.3 Å². The van der Waals surface area contributed by atoms with Crippen LogP contribution in [0.25, 0.3) is 10.8 Å². The minimum absolute atomic E-state index is 0.102. The topological polar surface area (TPSA) is 60.8 Å². The first kappa shape index (κ1) is 34.0. The van der Waals surface area contributed by atoms with Gasteiger partial charge in [0.15, 0.2) is 0 Å². The fourth-order valence-electron chi connectivity index (χ4n) is 10.1. The lowest BCUT2D eigenvalue weighted by atomic mass is 9.51. The summed E-state index contributed by atoms with van der Waals surface area (Å²) in [5.41, 5.74) is 4.13. The first-order chi connectivity index (χ1) is 22.7. The van der Waals surface area contributed by atoms with E-state index in [4.69, 9.17) is 0 Å². The Morgan fingerprint density at radius 1 is 0.979 bits per heavy atom. The number of nitrogens with zero attached hydrogens (tertiary/aromatic N) is 1. The molecule has 7 atom stereocenters. The van der Waals surface area contributed by atoms with Crippen molar-refractivity contribution in [3.63, 3.8) is 0 Å². The van der Waals surface area contributed by atoms with Crippen molar-refractivity contribution in [2.45, 2.75) is 129 Å². The summed E-state index contributed by atoms with van der Waals surface area (Å²) in [5, 5.41) is 23.8. The summed E-state index contributed by atoms with van der Waals surface area (Å²) in [6.07, 6.45) is 12.7. The molecule has 254 valence electrons. The maximum absolute atomic E-state index is 16.2. The van der Waals surface area contributed by atoms with Crippen LogP contribution in [0.4, 0.5) is 10.1 Å². The molecule has 47 heavy (non-hydrogen) atoms. The van der Waals surface area contributed by atoms with Gasteiger partial charge in [0.1, 0.15) is 11.9 Å². The number of aliphatic hydroxyl groups excluding tert-OH is 1. The maximum atomic E-state index is 16.2. The Kier molecular flexibility index (Phi) is 10.6. The molecule has 3 aliphatic carbocycles. The third-order valence-electron chi connectivity index (χ3n) is 12.4. The summed E-state index contributed by atoms with van der Waals surface area (Å²) in [7, 11) is 0. The Bertz CT molecular complexity index is 1540. The van der Waals surface area contributed by atoms with E-state index in [1.165, 1.54) is 42.0 Å². The van der Waals surface area contributed by atoms with E-state index in [0.717, 1.165) is 81.1 Å². The van der Waals surface area contributed by atoms with Crippen LogP contribution < -0.4 is 4.90 Å². The zero-order valence-corrected chi connectivity index (χ0v) is 28.9. The van der Waals surface area contributed by atoms with Crippen molar-refractivity contribution in [1.29, 1.82) is 0 Å². The number of hydrogen-bond donors (Lipinski definition) is 2. The third kappa shape index (κ3) is 6.84. The number of aryl methyl sites for hydroxylation is 1. The van der Waals surface area contributed by atoms with Gasteiger partial charge in [-0.05, 0) is 120 Å². The van der Waals surface area contributed by atoms with Gasteiger partial charge in [-0.3, -0.25) is 4.79 Å². The van der Waals surface area contributed by atoms with E-state index in [1.54, 1.807) is 13.0 Å². The van der Waals surface area contributed by atoms with Gasteiger partial charge in [0.05, 0.1) is 6.10 Å². The van der Waals surface area contributed by atoms with Crippen LogP contribution >= 0.6 is 0 Å². The SMILES string of the molecule is CCCCCCCCN(C(C)=O)c1ccc2ccccc2c1CCCCC1Cc2cc(O)ccc2C2C(F)C[C@]3(C)C(O)CCC3C12. The number of benzene rings is 3. The summed E-state index contributed by atoms with van der Waals surface area (Å²) in [5.74, 6) is 1.03. The number of phenols is 1. The van der Waals surface area contributed by atoms with Gasteiger partial charge in [0, 0.05) is 25.1 Å². The van der Waals surface area contributed by atoms with Crippen LogP contribution in [0, 0.1) is 23.2 Å². The molecule has 0 radical (unpaired) electrons. The molecule has 1 amide bonds. The Morgan fingerprint density at radius 3 is 2.57 bits per heavy atom. The Labute approximate surface area is 281 Å². The largest absolute Gasteiger partial charge is 0.508 e. The second-order valence-electron chi connectivity index (χ2n) is 15.3. The van der Waals surface area contributed by atoms with Crippen LogP contribution in [0.3, 0.4) is 0 Å². The molecule has 3 aromatic rings. The van der Waals surface area contributed by atoms with Crippen molar-refractivity contribution >= 4 is 22.4 Å². The van der Waals surface area contributed by atoms with E-state index in [9.17, 15) is 15.0 Å². The average molecular weight is 642 g/mol. The molecule has 6 unspecified atom stereocenters. The first-order valence-corrected chi connectivity index (χ1v) is 18.7. The number of aliphatic hydroxyl groups is 1. The average Bonchev–Trinajstić information content (AvgIpc) is 3.35. The molecule has 2 N–H and O–H groups in total. The molecular weight excluding hydrogens is 585 g/mol. The van der Waals surface area contributed by atoms with Crippen LogP contribution in [0.2, 0.25) is 0 Å². The highest BCUT2D eigenvalue weighted by Gasteiger charge is 2.59. The zero-order chi connectivity index (χ0) is 33.1. The van der Waals surface area contributed by atoms with Crippen molar-refractivity contribution in [3.8, 4) is 5.75 Å². The summed E-state index contributed by atoms with van der Waals surface area (Å²) >= 11 is 0. The van der Waals surface area contributed by atoms with Gasteiger partial charge in [-0.2, -0.15) is 0 Å². The predicted octanol–water partition coefficient (Wildman–Crippen LogP) is 10.1. The molecule has 0 aromatic heterocycles. The van der Waals surface area contributed by atoms with Crippen molar-refractivity contribution < 1.29 is 19.4 Å². The van der Waals surface area contributed by atoms with Gasteiger partial charge in [0.2, 0.25) is 5.91 Å². The first-order valence-electron chi connectivity index (χ1n) is 18.7. The number of hydrogen-bond acceptors (Lipinski definition) is 3. The smallest absolute Gasteiger partial charge is 0.223 e. The molecule has 3 aromatic carbocycles. The quantitative estimate of drug-likeness (QED) is 0.183. The number of rotatable bonds is 13. The van der Waals surface area contributed by atoms with Crippen LogP contribution in [0.1, 0.15) is 120 Å². The number of unbranched alkanes of at least 4 members (excludes halogenated alkanes) is 6. The van der Waals surface area contributed by atoms with Crippen LogP contribution in [0.5, 0.6) is 5.75 Å². The number of amides is 1. The standard InChI is InChI=1S/C42H56FNO3/c1-4-5-6-7-8-13-24-44(28(2)45)38-22-18-29-14-9-11-16-33(29)35(38)17-12-10-15-30-25-31-26-32(46)19-20-34(31)41-37(43)27-42(3)36(40(30)41)21-23-39(42)47/h9,11,14,16,18-20,22,26,30,36-37,39-41,46-47H,4-8,10,12-13,15,17,21,23-25,27H2,1-3H3/t30?,36?,37?,39?,40?,41?,42-/m0/s1. The van der Waals surface area contributed by atoms with Gasteiger partial charge in [0.25, 0.3) is 0 Å². The monoisotopic (exact) mass is 641 g/mol. The van der Waals surface area contributed by atoms with Gasteiger partial charge in [-0.1, -0.05) is 88.8 Å². The number of fused-ring (bicyclic) bond motifs is 6. The molecule has 2 saturated carbocycles. The highest BCUT2D eigenvalue weighted by atomic mass is 19.1.